The molecule has 4 rings (SSSR count). The van der Waals surface area contributed by atoms with Crippen LogP contribution in [-0.2, 0) is 0 Å². The average Bonchev–Trinajstić information content (AvgIpc) is 2.88. The highest BCUT2D eigenvalue weighted by Gasteiger charge is 2.50. The Morgan fingerprint density at radius 3 is 2.95 bits per heavy atom. The number of nitrogens with one attached hydrogen (secondary N) is 1. The lowest BCUT2D eigenvalue weighted by Gasteiger charge is -2.50. The van der Waals surface area contributed by atoms with E-state index in [0.717, 1.165) is 17.8 Å². The smallest absolute Gasteiger partial charge is 0.107 e. The number of hydrogen-bond donors (Lipinski definition) is 1. The number of rotatable bonds is 1. The SMILES string of the molecule is C[C@@]12CCC[C@H]1[C@@H]1C=CC3=CC(N=N)C=C[C@@H]3[C@H]1CC2. The maximum absolute atomic E-state index is 7.21. The molecular weight excluding hydrogens is 244 g/mol. The third-order valence-electron chi connectivity index (χ3n) is 6.55. The summed E-state index contributed by atoms with van der Waals surface area (Å²) >= 11 is 0. The predicted octanol–water partition coefficient (Wildman–Crippen LogP) is 4.90. The maximum Gasteiger partial charge on any atom is 0.107 e. The van der Waals surface area contributed by atoms with Crippen molar-refractivity contribution in [3.8, 4) is 0 Å². The number of fused-ring (bicyclic) bond motifs is 5. The van der Waals surface area contributed by atoms with Gasteiger partial charge in [-0.3, -0.25) is 0 Å². The van der Waals surface area contributed by atoms with Gasteiger partial charge in [-0.05, 0) is 54.4 Å². The molecule has 0 aliphatic heterocycles. The normalized spacial score (nSPS) is 49.0. The van der Waals surface area contributed by atoms with Crippen LogP contribution in [0.5, 0.6) is 0 Å². The summed E-state index contributed by atoms with van der Waals surface area (Å²) in [7, 11) is 0. The summed E-state index contributed by atoms with van der Waals surface area (Å²) in [5.74, 6) is 3.08. The van der Waals surface area contributed by atoms with Gasteiger partial charge in [0.1, 0.15) is 6.04 Å². The van der Waals surface area contributed by atoms with Crippen LogP contribution in [0.3, 0.4) is 0 Å². The van der Waals surface area contributed by atoms with Crippen molar-refractivity contribution >= 4 is 0 Å². The lowest BCUT2D eigenvalue weighted by atomic mass is 9.55. The van der Waals surface area contributed by atoms with E-state index in [1.165, 1.54) is 37.7 Å². The fourth-order valence-electron chi connectivity index (χ4n) is 5.48. The molecule has 2 nitrogen and oxygen atoms in total. The van der Waals surface area contributed by atoms with Gasteiger partial charge in [0.05, 0.1) is 0 Å². The molecule has 2 fully saturated rings. The van der Waals surface area contributed by atoms with E-state index in [1.54, 1.807) is 0 Å². The van der Waals surface area contributed by atoms with E-state index < -0.39 is 0 Å². The summed E-state index contributed by atoms with van der Waals surface area (Å²) in [6.45, 7) is 2.53. The average molecular weight is 268 g/mol. The highest BCUT2D eigenvalue weighted by Crippen LogP contribution is 2.59. The molecule has 0 spiro atoms. The zero-order valence-corrected chi connectivity index (χ0v) is 12.3. The number of nitrogens with zero attached hydrogens (tertiary/aromatic N) is 1. The minimum Gasteiger partial charge on any atom is -0.209 e. The molecule has 0 aromatic carbocycles. The molecule has 4 aliphatic carbocycles. The molecule has 0 saturated heterocycles. The van der Waals surface area contributed by atoms with Crippen molar-refractivity contribution in [2.24, 2.45) is 34.2 Å². The fourth-order valence-corrected chi connectivity index (χ4v) is 5.48. The summed E-state index contributed by atoms with van der Waals surface area (Å²) < 4.78 is 0. The molecule has 6 atom stereocenters. The molecule has 1 N–H and O–H groups in total. The second kappa shape index (κ2) is 4.41. The van der Waals surface area contributed by atoms with E-state index in [0.29, 0.717) is 11.3 Å². The Morgan fingerprint density at radius 2 is 2.10 bits per heavy atom. The van der Waals surface area contributed by atoms with Gasteiger partial charge in [-0.1, -0.05) is 43.7 Å². The molecule has 2 heteroatoms. The quantitative estimate of drug-likeness (QED) is 0.518. The van der Waals surface area contributed by atoms with Gasteiger partial charge >= 0.3 is 0 Å². The molecule has 0 aromatic rings. The Labute approximate surface area is 121 Å². The van der Waals surface area contributed by atoms with Crippen molar-refractivity contribution in [3.63, 3.8) is 0 Å². The molecular formula is C18H24N2. The lowest BCUT2D eigenvalue weighted by molar-refractivity contribution is 0.0509. The van der Waals surface area contributed by atoms with E-state index >= 15 is 0 Å². The van der Waals surface area contributed by atoms with Gasteiger partial charge in [0.25, 0.3) is 0 Å². The molecule has 20 heavy (non-hydrogen) atoms. The van der Waals surface area contributed by atoms with Crippen molar-refractivity contribution in [2.75, 3.05) is 0 Å². The molecule has 1 unspecified atom stereocenters. The number of hydrogen-bond acceptors (Lipinski definition) is 2. The lowest BCUT2D eigenvalue weighted by Crippen LogP contribution is -2.42. The molecule has 0 amide bonds. The minimum absolute atomic E-state index is 0.0252. The summed E-state index contributed by atoms with van der Waals surface area (Å²) in [6, 6.07) is -0.0252. The van der Waals surface area contributed by atoms with Crippen LogP contribution in [-0.4, -0.2) is 6.04 Å². The Morgan fingerprint density at radius 1 is 1.20 bits per heavy atom. The van der Waals surface area contributed by atoms with Gasteiger partial charge in [0, 0.05) is 5.92 Å². The topological polar surface area (TPSA) is 36.2 Å². The highest BCUT2D eigenvalue weighted by atomic mass is 15.0. The van der Waals surface area contributed by atoms with Gasteiger partial charge in [-0.15, -0.1) is 0 Å². The number of allylic oxidation sites excluding steroid dienone is 4. The van der Waals surface area contributed by atoms with Gasteiger partial charge in [-0.25, -0.2) is 5.53 Å². The van der Waals surface area contributed by atoms with Gasteiger partial charge in [-0.2, -0.15) is 5.11 Å². The van der Waals surface area contributed by atoms with Crippen molar-refractivity contribution in [3.05, 3.63) is 36.0 Å². The van der Waals surface area contributed by atoms with Crippen LogP contribution in [0.15, 0.2) is 41.1 Å². The summed E-state index contributed by atoms with van der Waals surface area (Å²) in [6.07, 6.45) is 18.6. The predicted molar refractivity (Wildman–Crippen MR) is 80.5 cm³/mol. The van der Waals surface area contributed by atoms with E-state index in [4.69, 9.17) is 5.53 Å². The maximum atomic E-state index is 7.21. The largest absolute Gasteiger partial charge is 0.209 e. The molecule has 0 radical (unpaired) electrons. The molecule has 2 saturated carbocycles. The molecule has 106 valence electrons. The zero-order valence-electron chi connectivity index (χ0n) is 12.3. The van der Waals surface area contributed by atoms with Crippen LogP contribution in [0.25, 0.3) is 0 Å². The van der Waals surface area contributed by atoms with Crippen LogP contribution in [0.4, 0.5) is 0 Å². The molecule has 0 bridgehead atoms. The van der Waals surface area contributed by atoms with Crippen molar-refractivity contribution in [1.82, 2.24) is 0 Å². The summed E-state index contributed by atoms with van der Waals surface area (Å²) in [5.41, 5.74) is 9.24. The fraction of sp³-hybridized carbons (Fsp3) is 0.667. The van der Waals surface area contributed by atoms with Crippen molar-refractivity contribution in [2.45, 2.75) is 45.1 Å². The first-order valence-corrected chi connectivity index (χ1v) is 8.16. The first-order chi connectivity index (χ1) is 9.71. The summed E-state index contributed by atoms with van der Waals surface area (Å²) in [5, 5.41) is 3.66. The Bertz CT molecular complexity index is 516. The molecule has 0 aromatic heterocycles. The van der Waals surface area contributed by atoms with Crippen molar-refractivity contribution < 1.29 is 0 Å². The van der Waals surface area contributed by atoms with Crippen LogP contribution >= 0.6 is 0 Å². The van der Waals surface area contributed by atoms with E-state index in [-0.39, 0.29) is 6.04 Å². The van der Waals surface area contributed by atoms with E-state index in [1.807, 2.05) is 0 Å². The van der Waals surface area contributed by atoms with Gasteiger partial charge in [0.2, 0.25) is 0 Å². The standard InChI is InChI=1S/C18H24N2/c1-18-9-2-3-17(18)16-6-4-12-11-13(20-19)5-7-14(12)15(16)8-10-18/h4-7,11,13-17,19H,2-3,8-10H2,1H3/t13?,14-,15+,16+,17-,18-/m0/s1. The first-order valence-electron chi connectivity index (χ1n) is 8.16. The Kier molecular flexibility index (Phi) is 2.77. The van der Waals surface area contributed by atoms with Gasteiger partial charge in [0.15, 0.2) is 0 Å². The first kappa shape index (κ1) is 12.6. The minimum atomic E-state index is -0.0252. The third kappa shape index (κ3) is 1.70. The zero-order chi connectivity index (χ0) is 13.7. The second-order valence-electron chi connectivity index (χ2n) is 7.49. The highest BCUT2D eigenvalue weighted by molar-refractivity contribution is 5.38. The van der Waals surface area contributed by atoms with Crippen molar-refractivity contribution in [1.29, 1.82) is 5.53 Å². The summed E-state index contributed by atoms with van der Waals surface area (Å²) in [4.78, 5) is 0. The Hall–Kier alpha value is -1.18. The third-order valence-corrected chi connectivity index (χ3v) is 6.55. The second-order valence-corrected chi connectivity index (χ2v) is 7.49. The Balaban J connectivity index is 1.68. The molecule has 0 heterocycles. The van der Waals surface area contributed by atoms with Crippen LogP contribution in [0, 0.1) is 34.6 Å². The van der Waals surface area contributed by atoms with E-state index in [9.17, 15) is 0 Å². The molecule has 4 aliphatic rings. The van der Waals surface area contributed by atoms with Crippen LogP contribution in [0.2, 0.25) is 0 Å². The monoisotopic (exact) mass is 268 g/mol. The van der Waals surface area contributed by atoms with Crippen LogP contribution in [0.1, 0.15) is 39.0 Å². The van der Waals surface area contributed by atoms with E-state index in [2.05, 4.69) is 42.4 Å². The van der Waals surface area contributed by atoms with Crippen LogP contribution < -0.4 is 0 Å². The van der Waals surface area contributed by atoms with Gasteiger partial charge < -0.3 is 0 Å².